The van der Waals surface area contributed by atoms with Crippen molar-refractivity contribution in [2.45, 2.75) is 57.4 Å². The Hall–Kier alpha value is -2.86. The minimum absolute atomic E-state index is 0.0365. The highest BCUT2D eigenvalue weighted by molar-refractivity contribution is 6.34. The molecule has 0 aliphatic carbocycles. The molecule has 0 radical (unpaired) electrons. The third-order valence-electron chi connectivity index (χ3n) is 8.11. The van der Waals surface area contributed by atoms with E-state index in [-0.39, 0.29) is 17.4 Å². The lowest BCUT2D eigenvalue weighted by Gasteiger charge is -2.42. The van der Waals surface area contributed by atoms with E-state index in [0.29, 0.717) is 26.9 Å². The molecule has 39 heavy (non-hydrogen) atoms. The van der Waals surface area contributed by atoms with Gasteiger partial charge in [0.15, 0.2) is 0 Å². The normalized spacial score (nSPS) is 19.7. The number of nitrogens with one attached hydrogen (secondary N) is 1. The Labute approximate surface area is 241 Å². The molecule has 1 unspecified atom stereocenters. The molecule has 0 spiro atoms. The zero-order valence-corrected chi connectivity index (χ0v) is 23.9. The number of aryl methyl sites for hydroxylation is 1. The number of rotatable bonds is 6. The molecule has 2 amide bonds. The summed E-state index contributed by atoms with van der Waals surface area (Å²) in [5, 5.41) is 3.97. The van der Waals surface area contributed by atoms with Crippen molar-refractivity contribution in [2.75, 3.05) is 29.9 Å². The van der Waals surface area contributed by atoms with Crippen molar-refractivity contribution in [1.29, 1.82) is 0 Å². The number of benzene rings is 3. The summed E-state index contributed by atoms with van der Waals surface area (Å²) in [5.74, 6) is -0.325. The predicted octanol–water partition coefficient (Wildman–Crippen LogP) is 7.86. The lowest BCUT2D eigenvalue weighted by Crippen LogP contribution is -2.52. The van der Waals surface area contributed by atoms with E-state index in [9.17, 15) is 9.59 Å². The van der Waals surface area contributed by atoms with Crippen LogP contribution >= 0.6 is 23.2 Å². The summed E-state index contributed by atoms with van der Waals surface area (Å²) in [6, 6.07) is 19.9. The number of nitrogens with zero attached hydrogens (tertiary/aromatic N) is 2. The number of hydrogen-bond donors (Lipinski definition) is 1. The standard InChI is InChI=1S/C32H35Cl2N3O2/c1-32(18-21-36-19-5-2-6-20-36)17-7-8-24-22-25(33)13-16-29(24)37(32)31(39)23-11-14-26(15-12-23)35-30(38)27-9-3-4-10-28(27)34/h3-4,9-16,22H,2,5-8,17-21H2,1H3,(H,35,38). The first-order valence-corrected chi connectivity index (χ1v) is 14.6. The van der Waals surface area contributed by atoms with E-state index in [1.807, 2.05) is 23.1 Å². The molecule has 7 heteroatoms. The maximum Gasteiger partial charge on any atom is 0.258 e. The van der Waals surface area contributed by atoms with E-state index < -0.39 is 0 Å². The van der Waals surface area contributed by atoms with E-state index in [1.54, 1.807) is 48.5 Å². The summed E-state index contributed by atoms with van der Waals surface area (Å²) in [4.78, 5) is 31.5. The van der Waals surface area contributed by atoms with Crippen molar-refractivity contribution in [2.24, 2.45) is 0 Å². The molecule has 3 aromatic rings. The van der Waals surface area contributed by atoms with Crippen LogP contribution in [0.1, 0.15) is 71.7 Å². The summed E-state index contributed by atoms with van der Waals surface area (Å²) in [7, 11) is 0. The number of fused-ring (bicyclic) bond motifs is 1. The topological polar surface area (TPSA) is 52.6 Å². The van der Waals surface area contributed by atoms with Crippen LogP contribution in [0.15, 0.2) is 66.7 Å². The summed E-state index contributed by atoms with van der Waals surface area (Å²) in [6.45, 7) is 5.49. The van der Waals surface area contributed by atoms with Gasteiger partial charge >= 0.3 is 0 Å². The monoisotopic (exact) mass is 563 g/mol. The van der Waals surface area contributed by atoms with E-state index in [2.05, 4.69) is 17.1 Å². The van der Waals surface area contributed by atoms with Crippen molar-refractivity contribution in [3.8, 4) is 0 Å². The number of anilines is 2. The van der Waals surface area contributed by atoms with Crippen LogP contribution < -0.4 is 10.2 Å². The molecule has 3 aromatic carbocycles. The van der Waals surface area contributed by atoms with Crippen LogP contribution in [0.4, 0.5) is 11.4 Å². The van der Waals surface area contributed by atoms with Gasteiger partial charge in [0.2, 0.25) is 0 Å². The first kappa shape index (κ1) is 27.7. The Kier molecular flexibility index (Phi) is 8.61. The molecule has 1 N–H and O–H groups in total. The van der Waals surface area contributed by atoms with Crippen molar-refractivity contribution in [3.63, 3.8) is 0 Å². The largest absolute Gasteiger partial charge is 0.322 e. The van der Waals surface area contributed by atoms with Gasteiger partial charge in [0.1, 0.15) is 0 Å². The Bertz CT molecular complexity index is 1340. The molecule has 0 aromatic heterocycles. The fourth-order valence-electron chi connectivity index (χ4n) is 5.88. The molecule has 5 rings (SSSR count). The van der Waals surface area contributed by atoms with Gasteiger partial charge < -0.3 is 15.1 Å². The molecule has 1 saturated heterocycles. The van der Waals surface area contributed by atoms with Crippen molar-refractivity contribution in [1.82, 2.24) is 4.90 Å². The van der Waals surface area contributed by atoms with Crippen LogP contribution in [0.5, 0.6) is 0 Å². The summed E-state index contributed by atoms with van der Waals surface area (Å²) in [5.41, 5.74) is 3.32. The maximum absolute atomic E-state index is 14.2. The Morgan fingerprint density at radius 2 is 1.67 bits per heavy atom. The highest BCUT2D eigenvalue weighted by atomic mass is 35.5. The third-order valence-corrected chi connectivity index (χ3v) is 8.68. The van der Waals surface area contributed by atoms with E-state index in [1.165, 1.54) is 19.3 Å². The van der Waals surface area contributed by atoms with E-state index in [0.717, 1.165) is 56.6 Å². The van der Waals surface area contributed by atoms with Crippen LogP contribution in [-0.4, -0.2) is 41.9 Å². The lowest BCUT2D eigenvalue weighted by molar-refractivity contribution is 0.0945. The van der Waals surface area contributed by atoms with Gasteiger partial charge in [-0.2, -0.15) is 0 Å². The van der Waals surface area contributed by atoms with Crippen LogP contribution in [0, 0.1) is 0 Å². The molecule has 1 fully saturated rings. The number of carbonyl (C=O) groups excluding carboxylic acids is 2. The van der Waals surface area contributed by atoms with Gasteiger partial charge in [-0.15, -0.1) is 0 Å². The lowest BCUT2D eigenvalue weighted by atomic mass is 9.88. The zero-order valence-electron chi connectivity index (χ0n) is 22.4. The maximum atomic E-state index is 14.2. The summed E-state index contributed by atoms with van der Waals surface area (Å²) < 4.78 is 0. The fraction of sp³-hybridized carbons (Fsp3) is 0.375. The minimum Gasteiger partial charge on any atom is -0.322 e. The number of hydrogen-bond acceptors (Lipinski definition) is 3. The average molecular weight is 565 g/mol. The van der Waals surface area contributed by atoms with Gasteiger partial charge in [-0.25, -0.2) is 0 Å². The zero-order chi connectivity index (χ0) is 27.4. The smallest absolute Gasteiger partial charge is 0.258 e. The van der Waals surface area contributed by atoms with E-state index >= 15 is 0 Å². The van der Waals surface area contributed by atoms with E-state index in [4.69, 9.17) is 23.2 Å². The summed E-state index contributed by atoms with van der Waals surface area (Å²) >= 11 is 12.6. The Morgan fingerprint density at radius 1 is 0.923 bits per heavy atom. The summed E-state index contributed by atoms with van der Waals surface area (Å²) in [6.07, 6.45) is 7.53. The second-order valence-electron chi connectivity index (χ2n) is 10.9. The number of piperidine rings is 1. The second kappa shape index (κ2) is 12.1. The number of halogens is 2. The van der Waals surface area contributed by atoms with Gasteiger partial charge in [0.25, 0.3) is 11.8 Å². The van der Waals surface area contributed by atoms with Crippen molar-refractivity contribution < 1.29 is 9.59 Å². The van der Waals surface area contributed by atoms with Crippen LogP contribution in [-0.2, 0) is 6.42 Å². The van der Waals surface area contributed by atoms with Crippen LogP contribution in [0.25, 0.3) is 0 Å². The third kappa shape index (κ3) is 6.32. The Balaban J connectivity index is 1.41. The fourth-order valence-corrected chi connectivity index (χ4v) is 6.29. The van der Waals surface area contributed by atoms with Crippen LogP contribution in [0.3, 0.4) is 0 Å². The average Bonchev–Trinajstić information content (AvgIpc) is 3.08. The van der Waals surface area contributed by atoms with Crippen molar-refractivity contribution in [3.05, 3.63) is 93.5 Å². The SMILES string of the molecule is CC1(CCN2CCCCC2)CCCc2cc(Cl)ccc2N1C(=O)c1ccc(NC(=O)c2ccccc2Cl)cc1. The number of likely N-dealkylation sites (tertiary alicyclic amines) is 1. The molecule has 0 saturated carbocycles. The molecular weight excluding hydrogens is 529 g/mol. The molecule has 204 valence electrons. The molecule has 2 aliphatic heterocycles. The van der Waals surface area contributed by atoms with Gasteiger partial charge in [0.05, 0.1) is 10.6 Å². The molecule has 0 bridgehead atoms. The first-order chi connectivity index (χ1) is 18.8. The number of amides is 2. The van der Waals surface area contributed by atoms with Gasteiger partial charge in [-0.05, 0) is 119 Å². The quantitative estimate of drug-likeness (QED) is 0.332. The van der Waals surface area contributed by atoms with Gasteiger partial charge in [-0.3, -0.25) is 9.59 Å². The van der Waals surface area contributed by atoms with Crippen molar-refractivity contribution >= 4 is 46.4 Å². The minimum atomic E-state index is -0.329. The predicted molar refractivity (Wildman–Crippen MR) is 160 cm³/mol. The van der Waals surface area contributed by atoms with Gasteiger partial charge in [-0.1, -0.05) is 41.8 Å². The highest BCUT2D eigenvalue weighted by Crippen LogP contribution is 2.40. The second-order valence-corrected chi connectivity index (χ2v) is 11.8. The van der Waals surface area contributed by atoms with Gasteiger partial charge in [0, 0.05) is 34.0 Å². The molecule has 5 nitrogen and oxygen atoms in total. The first-order valence-electron chi connectivity index (χ1n) is 13.9. The molecular formula is C32H35Cl2N3O2. The highest BCUT2D eigenvalue weighted by Gasteiger charge is 2.39. The molecule has 2 aliphatic rings. The van der Waals surface area contributed by atoms with Crippen LogP contribution in [0.2, 0.25) is 10.0 Å². The number of carbonyl (C=O) groups is 2. The molecule has 2 heterocycles. The Morgan fingerprint density at radius 3 is 2.41 bits per heavy atom. The molecule has 1 atom stereocenters.